The maximum atomic E-state index is 12.7. The highest BCUT2D eigenvalue weighted by Crippen LogP contribution is 2.40. The van der Waals surface area contributed by atoms with Crippen molar-refractivity contribution in [3.63, 3.8) is 0 Å². The Morgan fingerprint density at radius 2 is 2.06 bits per heavy atom. The SMILES string of the molecule is CC(C)OC(=O)c1c(NC(=O)COC(=O)c2ccc([N+](=O)[O-])o2)sc2c1CC[C@@H](C)C2. The molecule has 1 amide bonds. The van der Waals surface area contributed by atoms with Crippen molar-refractivity contribution in [2.24, 2.45) is 5.92 Å². The van der Waals surface area contributed by atoms with Gasteiger partial charge in [-0.05, 0) is 50.7 Å². The van der Waals surface area contributed by atoms with E-state index in [0.717, 1.165) is 41.8 Å². The minimum atomic E-state index is -1.01. The largest absolute Gasteiger partial charge is 0.459 e. The Kier molecular flexibility index (Phi) is 6.74. The number of nitrogens with zero attached hydrogens (tertiary/aromatic N) is 1. The summed E-state index contributed by atoms with van der Waals surface area (Å²) < 4.78 is 15.0. The molecule has 0 aromatic carbocycles. The summed E-state index contributed by atoms with van der Waals surface area (Å²) in [6, 6.07) is 2.10. The van der Waals surface area contributed by atoms with Gasteiger partial charge in [-0.25, -0.2) is 9.59 Å². The Morgan fingerprint density at radius 3 is 2.71 bits per heavy atom. The van der Waals surface area contributed by atoms with Crippen molar-refractivity contribution in [3.8, 4) is 0 Å². The Labute approximate surface area is 181 Å². The third-order valence-electron chi connectivity index (χ3n) is 4.62. The van der Waals surface area contributed by atoms with Crippen LogP contribution in [0.1, 0.15) is 58.5 Å². The summed E-state index contributed by atoms with van der Waals surface area (Å²) in [5.74, 6) is -2.69. The average Bonchev–Trinajstić information content (AvgIpc) is 3.30. The third kappa shape index (κ3) is 5.29. The van der Waals surface area contributed by atoms with Crippen molar-refractivity contribution in [2.75, 3.05) is 11.9 Å². The molecule has 0 saturated carbocycles. The molecule has 11 heteroatoms. The fraction of sp³-hybridized carbons (Fsp3) is 0.450. The summed E-state index contributed by atoms with van der Waals surface area (Å²) in [5, 5.41) is 13.6. The van der Waals surface area contributed by atoms with Crippen LogP contribution >= 0.6 is 11.3 Å². The molecule has 0 spiro atoms. The van der Waals surface area contributed by atoms with Gasteiger partial charge in [0, 0.05) is 4.88 Å². The molecule has 2 heterocycles. The molecule has 0 saturated heterocycles. The van der Waals surface area contributed by atoms with Crippen LogP contribution in [0, 0.1) is 16.0 Å². The van der Waals surface area contributed by atoms with Crippen LogP contribution in [0.2, 0.25) is 0 Å². The predicted molar refractivity (Wildman–Crippen MR) is 110 cm³/mol. The molecule has 0 aliphatic heterocycles. The lowest BCUT2D eigenvalue weighted by molar-refractivity contribution is -0.402. The van der Waals surface area contributed by atoms with Crippen LogP contribution in [0.4, 0.5) is 10.9 Å². The molecule has 0 unspecified atom stereocenters. The van der Waals surface area contributed by atoms with Crippen LogP contribution in [-0.4, -0.2) is 35.5 Å². The van der Waals surface area contributed by atoms with Crippen LogP contribution in [-0.2, 0) is 27.1 Å². The fourth-order valence-electron chi connectivity index (χ4n) is 3.23. The minimum absolute atomic E-state index is 0.313. The van der Waals surface area contributed by atoms with E-state index in [-0.39, 0.29) is 11.9 Å². The first-order chi connectivity index (χ1) is 14.7. The molecule has 166 valence electrons. The van der Waals surface area contributed by atoms with Gasteiger partial charge >= 0.3 is 17.8 Å². The summed E-state index contributed by atoms with van der Waals surface area (Å²) in [4.78, 5) is 47.8. The van der Waals surface area contributed by atoms with Gasteiger partial charge in [-0.3, -0.25) is 14.9 Å². The standard InChI is InChI=1S/C20H22N2O8S/c1-10(2)29-20(25)17-12-5-4-11(3)8-14(12)31-18(17)21-15(23)9-28-19(24)13-6-7-16(30-13)22(26)27/h6-7,10-11H,4-5,8-9H2,1-3H3,(H,21,23)/t11-/m1/s1. The van der Waals surface area contributed by atoms with E-state index in [4.69, 9.17) is 13.9 Å². The second-order valence-electron chi connectivity index (χ2n) is 7.53. The predicted octanol–water partition coefficient (Wildman–Crippen LogP) is 3.73. The molecule has 3 rings (SSSR count). The zero-order valence-electron chi connectivity index (χ0n) is 17.3. The molecule has 2 aromatic rings. The number of thiophene rings is 1. The van der Waals surface area contributed by atoms with Gasteiger partial charge in [-0.1, -0.05) is 6.92 Å². The van der Waals surface area contributed by atoms with Crippen molar-refractivity contribution < 1.29 is 33.2 Å². The van der Waals surface area contributed by atoms with Crippen LogP contribution in [0.3, 0.4) is 0 Å². The van der Waals surface area contributed by atoms with E-state index in [1.54, 1.807) is 13.8 Å². The van der Waals surface area contributed by atoms with Gasteiger partial charge in [0.05, 0.1) is 17.7 Å². The number of hydrogen-bond donors (Lipinski definition) is 1. The number of rotatable bonds is 7. The third-order valence-corrected chi connectivity index (χ3v) is 5.79. The molecule has 0 fully saturated rings. The van der Waals surface area contributed by atoms with Crippen LogP contribution in [0.25, 0.3) is 0 Å². The molecule has 0 radical (unpaired) electrons. The lowest BCUT2D eigenvalue weighted by Gasteiger charge is -2.18. The number of furan rings is 1. The van der Waals surface area contributed by atoms with Gasteiger partial charge < -0.3 is 19.2 Å². The highest BCUT2D eigenvalue weighted by molar-refractivity contribution is 7.17. The topological polar surface area (TPSA) is 138 Å². The van der Waals surface area contributed by atoms with E-state index in [0.29, 0.717) is 16.5 Å². The highest BCUT2D eigenvalue weighted by atomic mass is 32.1. The summed E-state index contributed by atoms with van der Waals surface area (Å²) in [6.07, 6.45) is 2.15. The first kappa shape index (κ1) is 22.5. The van der Waals surface area contributed by atoms with Gasteiger partial charge in [0.15, 0.2) is 6.61 Å². The second kappa shape index (κ2) is 9.29. The summed E-state index contributed by atoms with van der Waals surface area (Å²) in [6.45, 7) is 4.97. The van der Waals surface area contributed by atoms with Crippen molar-refractivity contribution in [3.05, 3.63) is 44.0 Å². The number of carbonyl (C=O) groups excluding carboxylic acids is 3. The number of amides is 1. The summed E-state index contributed by atoms with van der Waals surface area (Å²) in [5.41, 5.74) is 1.24. The molecule has 2 aromatic heterocycles. The number of nitro groups is 1. The summed E-state index contributed by atoms with van der Waals surface area (Å²) >= 11 is 1.32. The average molecular weight is 450 g/mol. The minimum Gasteiger partial charge on any atom is -0.459 e. The molecular formula is C20H22N2O8S. The number of ether oxygens (including phenoxy) is 2. The first-order valence-corrected chi connectivity index (χ1v) is 10.5. The number of carbonyl (C=O) groups is 3. The van der Waals surface area contributed by atoms with E-state index in [2.05, 4.69) is 12.2 Å². The molecule has 31 heavy (non-hydrogen) atoms. The van der Waals surface area contributed by atoms with E-state index in [1.807, 2.05) is 0 Å². The maximum absolute atomic E-state index is 12.7. The maximum Gasteiger partial charge on any atom is 0.433 e. The van der Waals surface area contributed by atoms with Gasteiger partial charge in [-0.2, -0.15) is 0 Å². The molecule has 10 nitrogen and oxygen atoms in total. The van der Waals surface area contributed by atoms with Crippen molar-refractivity contribution in [1.82, 2.24) is 0 Å². The Morgan fingerprint density at radius 1 is 1.32 bits per heavy atom. The van der Waals surface area contributed by atoms with E-state index in [9.17, 15) is 24.5 Å². The van der Waals surface area contributed by atoms with Gasteiger partial charge in [0.2, 0.25) is 5.76 Å². The van der Waals surface area contributed by atoms with Gasteiger partial charge in [0.1, 0.15) is 9.92 Å². The lowest BCUT2D eigenvalue weighted by atomic mass is 9.88. The Balaban J connectivity index is 1.70. The van der Waals surface area contributed by atoms with Gasteiger partial charge in [0.25, 0.3) is 5.91 Å². The quantitative estimate of drug-likeness (QED) is 0.382. The monoisotopic (exact) mass is 450 g/mol. The van der Waals surface area contributed by atoms with Gasteiger partial charge in [-0.15, -0.1) is 11.3 Å². The lowest BCUT2D eigenvalue weighted by Crippen LogP contribution is -2.22. The van der Waals surface area contributed by atoms with Crippen molar-refractivity contribution in [1.29, 1.82) is 0 Å². The second-order valence-corrected chi connectivity index (χ2v) is 8.63. The van der Waals surface area contributed by atoms with E-state index < -0.39 is 35.3 Å². The van der Waals surface area contributed by atoms with Crippen molar-refractivity contribution >= 4 is 40.1 Å². The number of nitrogens with one attached hydrogen (secondary N) is 1. The first-order valence-electron chi connectivity index (χ1n) is 9.72. The Hall–Kier alpha value is -3.21. The molecular weight excluding hydrogens is 428 g/mol. The molecule has 1 aliphatic rings. The number of anilines is 1. The number of hydrogen-bond acceptors (Lipinski definition) is 9. The van der Waals surface area contributed by atoms with E-state index in [1.165, 1.54) is 11.3 Å². The number of esters is 2. The van der Waals surface area contributed by atoms with Crippen LogP contribution in [0.15, 0.2) is 16.5 Å². The van der Waals surface area contributed by atoms with Crippen molar-refractivity contribution in [2.45, 2.75) is 46.1 Å². The smallest absolute Gasteiger partial charge is 0.433 e. The molecule has 0 bridgehead atoms. The zero-order valence-corrected chi connectivity index (χ0v) is 18.1. The summed E-state index contributed by atoms with van der Waals surface area (Å²) in [7, 11) is 0. The zero-order chi connectivity index (χ0) is 22.7. The normalized spacial score (nSPS) is 15.3. The fourth-order valence-corrected chi connectivity index (χ4v) is 4.64. The molecule has 1 aliphatic carbocycles. The molecule has 1 atom stereocenters. The van der Waals surface area contributed by atoms with Crippen LogP contribution < -0.4 is 5.32 Å². The highest BCUT2D eigenvalue weighted by Gasteiger charge is 2.30. The van der Waals surface area contributed by atoms with Crippen LogP contribution in [0.5, 0.6) is 0 Å². The Bertz CT molecular complexity index is 1020. The molecule has 1 N–H and O–H groups in total. The number of fused-ring (bicyclic) bond motifs is 1. The van der Waals surface area contributed by atoms with E-state index >= 15 is 0 Å².